The van der Waals surface area contributed by atoms with Crippen LogP contribution >= 0.6 is 0 Å². The number of hydrogen-bond donors (Lipinski definition) is 4. The Morgan fingerprint density at radius 1 is 0.792 bits per heavy atom. The van der Waals surface area contributed by atoms with Crippen molar-refractivity contribution >= 4 is 17.8 Å². The fourth-order valence-corrected chi connectivity index (χ4v) is 2.46. The topological polar surface area (TPSA) is 130 Å². The van der Waals surface area contributed by atoms with Crippen LogP contribution in [0.25, 0.3) is 0 Å². The minimum Gasteiger partial charge on any atom is -0.481 e. The van der Waals surface area contributed by atoms with E-state index in [4.69, 9.17) is 15.9 Å². The van der Waals surface area contributed by atoms with Crippen LogP contribution in [0.5, 0.6) is 0 Å². The highest BCUT2D eigenvalue weighted by Gasteiger charge is 2.18. The van der Waals surface area contributed by atoms with Gasteiger partial charge in [-0.2, -0.15) is 0 Å². The third-order valence-corrected chi connectivity index (χ3v) is 3.87. The van der Waals surface area contributed by atoms with Gasteiger partial charge >= 0.3 is 11.9 Å². The summed E-state index contributed by atoms with van der Waals surface area (Å²) in [6, 6.07) is -0.821. The Hall–Kier alpha value is -1.63. The van der Waals surface area contributed by atoms with E-state index < -0.39 is 18.0 Å². The number of amides is 1. The molecule has 5 N–H and O–H groups in total. The van der Waals surface area contributed by atoms with Gasteiger partial charge in [0, 0.05) is 12.8 Å². The SMILES string of the molecule is NCCCC[C@H](NC(=O)CCCCCCCCCC(=O)O)C(=O)O. The first kappa shape index (κ1) is 22.4. The standard InChI is InChI=1S/C17H32N2O5/c18-13-9-8-10-14(17(23)24)19-15(20)11-6-4-2-1-3-5-7-12-16(21)22/h14H,1-13,18H2,(H,19,20)(H,21,22)(H,23,24)/t14-/m0/s1. The summed E-state index contributed by atoms with van der Waals surface area (Å²) in [7, 11) is 0. The molecule has 0 aromatic rings. The van der Waals surface area contributed by atoms with Crippen molar-refractivity contribution < 1.29 is 24.6 Å². The van der Waals surface area contributed by atoms with Crippen LogP contribution in [-0.4, -0.2) is 40.6 Å². The number of carbonyl (C=O) groups is 3. The molecule has 0 spiro atoms. The van der Waals surface area contributed by atoms with Gasteiger partial charge in [-0.15, -0.1) is 0 Å². The first-order valence-corrected chi connectivity index (χ1v) is 8.91. The number of hydrogen-bond acceptors (Lipinski definition) is 4. The average molecular weight is 344 g/mol. The molecule has 0 aliphatic heterocycles. The quantitative estimate of drug-likeness (QED) is 0.318. The predicted molar refractivity (Wildman–Crippen MR) is 91.7 cm³/mol. The summed E-state index contributed by atoms with van der Waals surface area (Å²) in [6.45, 7) is 0.524. The van der Waals surface area contributed by atoms with Crippen LogP contribution in [0.1, 0.15) is 77.0 Å². The Labute approximate surface area is 144 Å². The number of nitrogens with two attached hydrogens (primary N) is 1. The largest absolute Gasteiger partial charge is 0.481 e. The second-order valence-corrected chi connectivity index (χ2v) is 6.11. The molecule has 0 rings (SSSR count). The van der Waals surface area contributed by atoms with Crippen LogP contribution in [0.3, 0.4) is 0 Å². The molecule has 7 nitrogen and oxygen atoms in total. The van der Waals surface area contributed by atoms with Gasteiger partial charge in [0.05, 0.1) is 0 Å². The summed E-state index contributed by atoms with van der Waals surface area (Å²) in [6.07, 6.45) is 8.83. The maximum atomic E-state index is 11.8. The van der Waals surface area contributed by atoms with Crippen molar-refractivity contribution in [2.24, 2.45) is 5.73 Å². The molecule has 0 aromatic carbocycles. The van der Waals surface area contributed by atoms with Crippen molar-refractivity contribution in [1.29, 1.82) is 0 Å². The first-order valence-electron chi connectivity index (χ1n) is 8.91. The molecule has 0 aliphatic carbocycles. The first-order chi connectivity index (χ1) is 11.5. The zero-order valence-electron chi connectivity index (χ0n) is 14.5. The Bertz CT molecular complexity index is 374. The van der Waals surface area contributed by atoms with E-state index in [1.165, 1.54) is 0 Å². The van der Waals surface area contributed by atoms with Gasteiger partial charge < -0.3 is 21.3 Å². The fourth-order valence-electron chi connectivity index (χ4n) is 2.46. The highest BCUT2D eigenvalue weighted by molar-refractivity contribution is 5.83. The number of aliphatic carboxylic acids is 2. The van der Waals surface area contributed by atoms with Crippen LogP contribution in [0, 0.1) is 0 Å². The summed E-state index contributed by atoms with van der Waals surface area (Å²) in [5.74, 6) is -1.96. The molecule has 0 aromatic heterocycles. The molecule has 0 unspecified atom stereocenters. The summed E-state index contributed by atoms with van der Waals surface area (Å²) in [5, 5.41) is 20.2. The number of nitrogens with one attached hydrogen (secondary N) is 1. The molecule has 0 radical (unpaired) electrons. The Morgan fingerprint density at radius 2 is 1.33 bits per heavy atom. The number of carbonyl (C=O) groups excluding carboxylic acids is 1. The van der Waals surface area contributed by atoms with Crippen molar-refractivity contribution in [2.45, 2.75) is 83.1 Å². The van der Waals surface area contributed by atoms with Gasteiger partial charge in [0.25, 0.3) is 0 Å². The Balaban J connectivity index is 3.62. The highest BCUT2D eigenvalue weighted by Crippen LogP contribution is 2.10. The monoisotopic (exact) mass is 344 g/mol. The van der Waals surface area contributed by atoms with Crippen molar-refractivity contribution in [3.05, 3.63) is 0 Å². The van der Waals surface area contributed by atoms with Crippen LogP contribution in [0.15, 0.2) is 0 Å². The maximum Gasteiger partial charge on any atom is 0.326 e. The third kappa shape index (κ3) is 14.0. The second-order valence-electron chi connectivity index (χ2n) is 6.11. The minimum atomic E-state index is -0.998. The second kappa shape index (κ2) is 14.9. The molecule has 0 fully saturated rings. The van der Waals surface area contributed by atoms with Crippen molar-refractivity contribution in [1.82, 2.24) is 5.32 Å². The summed E-state index contributed by atoms with van der Waals surface area (Å²) < 4.78 is 0. The number of carboxylic acid groups (broad SMARTS) is 2. The van der Waals surface area contributed by atoms with E-state index in [2.05, 4.69) is 5.32 Å². The van der Waals surface area contributed by atoms with Crippen LogP contribution in [0.2, 0.25) is 0 Å². The molecule has 1 atom stereocenters. The zero-order valence-corrected chi connectivity index (χ0v) is 14.5. The predicted octanol–water partition coefficient (Wildman–Crippen LogP) is 2.28. The maximum absolute atomic E-state index is 11.8. The molecular formula is C17H32N2O5. The van der Waals surface area contributed by atoms with E-state index in [1.807, 2.05) is 0 Å². The Morgan fingerprint density at radius 3 is 1.83 bits per heavy atom. The molecule has 0 bridgehead atoms. The molecule has 0 saturated heterocycles. The molecule has 24 heavy (non-hydrogen) atoms. The summed E-state index contributed by atoms with van der Waals surface area (Å²) >= 11 is 0. The van der Waals surface area contributed by atoms with Crippen LogP contribution < -0.4 is 11.1 Å². The van der Waals surface area contributed by atoms with Crippen molar-refractivity contribution in [2.75, 3.05) is 6.54 Å². The van der Waals surface area contributed by atoms with Crippen LogP contribution in [-0.2, 0) is 14.4 Å². The Kier molecular flexibility index (Phi) is 13.9. The highest BCUT2D eigenvalue weighted by atomic mass is 16.4. The normalized spacial score (nSPS) is 11.9. The molecular weight excluding hydrogens is 312 g/mol. The molecule has 0 saturated carbocycles. The van der Waals surface area contributed by atoms with Gasteiger partial charge in [-0.25, -0.2) is 4.79 Å². The van der Waals surface area contributed by atoms with Gasteiger partial charge in [0.1, 0.15) is 6.04 Å². The molecule has 1 amide bonds. The average Bonchev–Trinajstić information content (AvgIpc) is 2.52. The van der Waals surface area contributed by atoms with Gasteiger partial charge in [-0.3, -0.25) is 9.59 Å². The minimum absolute atomic E-state index is 0.211. The van der Waals surface area contributed by atoms with E-state index >= 15 is 0 Å². The van der Waals surface area contributed by atoms with E-state index in [9.17, 15) is 14.4 Å². The summed E-state index contributed by atoms with van der Waals surface area (Å²) in [5.41, 5.74) is 5.38. The van der Waals surface area contributed by atoms with E-state index in [0.29, 0.717) is 25.8 Å². The molecule has 0 aliphatic rings. The molecule has 7 heteroatoms. The van der Waals surface area contributed by atoms with Gasteiger partial charge in [0.15, 0.2) is 0 Å². The number of carboxylic acids is 2. The lowest BCUT2D eigenvalue weighted by atomic mass is 10.1. The number of rotatable bonds is 16. The lowest BCUT2D eigenvalue weighted by molar-refractivity contribution is -0.142. The molecule has 0 heterocycles. The van der Waals surface area contributed by atoms with Gasteiger partial charge in [-0.1, -0.05) is 32.1 Å². The lowest BCUT2D eigenvalue weighted by Gasteiger charge is -2.14. The van der Waals surface area contributed by atoms with Crippen LogP contribution in [0.4, 0.5) is 0 Å². The van der Waals surface area contributed by atoms with E-state index in [0.717, 1.165) is 51.4 Å². The zero-order chi connectivity index (χ0) is 18.2. The third-order valence-electron chi connectivity index (χ3n) is 3.87. The van der Waals surface area contributed by atoms with Crippen molar-refractivity contribution in [3.8, 4) is 0 Å². The van der Waals surface area contributed by atoms with Gasteiger partial charge in [0.2, 0.25) is 5.91 Å². The smallest absolute Gasteiger partial charge is 0.326 e. The van der Waals surface area contributed by atoms with E-state index in [-0.39, 0.29) is 12.3 Å². The molecule has 140 valence electrons. The van der Waals surface area contributed by atoms with E-state index in [1.54, 1.807) is 0 Å². The number of unbranched alkanes of at least 4 members (excludes halogenated alkanes) is 7. The summed E-state index contributed by atoms with van der Waals surface area (Å²) in [4.78, 5) is 33.2. The lowest BCUT2D eigenvalue weighted by Crippen LogP contribution is -2.40. The van der Waals surface area contributed by atoms with Gasteiger partial charge in [-0.05, 0) is 38.6 Å². The van der Waals surface area contributed by atoms with Crippen molar-refractivity contribution in [3.63, 3.8) is 0 Å². The fraction of sp³-hybridized carbons (Fsp3) is 0.824.